The van der Waals surface area contributed by atoms with E-state index in [9.17, 15) is 34.2 Å². The van der Waals surface area contributed by atoms with E-state index in [1.807, 2.05) is 16.0 Å². The second-order valence-corrected chi connectivity index (χ2v) is 17.9. The van der Waals surface area contributed by atoms with Crippen LogP contribution in [-0.2, 0) is 15.6 Å². The Labute approximate surface area is 463 Å². The number of Topliss-reactive ketones (excluding diaryl/α,β-unsaturated/α-hetero) is 1. The zero-order valence-electron chi connectivity index (χ0n) is 42.2. The highest BCUT2D eigenvalue weighted by Crippen LogP contribution is 2.59. The average molecular weight is 1160 g/mol. The second-order valence-electron chi connectivity index (χ2n) is 17.9. The van der Waals surface area contributed by atoms with E-state index in [0.717, 1.165) is 31.2 Å². The van der Waals surface area contributed by atoms with Crippen molar-refractivity contribution in [2.45, 2.75) is 49.4 Å². The summed E-state index contributed by atoms with van der Waals surface area (Å²) >= 11 is 0. The standard InChI is InChI=1S/C55H36B2F12N4O10/c1-27(74)29-6-14-37(15-7-29)81-38-16-8-30(9-17-38)47(78)72-41-25-35(12-20-45(41)82-56)51(54(64,65)66,55(67,68)69)34-11-19-44(77)40(24-34)71-48(79)31-4-3-5-32(22-31)49(80)73-42-26-36(13-21-46(42)83-57)50(52(58,59)60,53(61,62)63)33-10-18-43(76)39(23-33)70-28(2)75/h3-26,76-77H,1-2H3,(H,70,75)(H,71,79)(H,72,78)(H,73,80). The first kappa shape index (κ1) is 61.0. The lowest BCUT2D eigenvalue weighted by molar-refractivity contribution is -0.290. The van der Waals surface area contributed by atoms with Crippen molar-refractivity contribution in [2.24, 2.45) is 0 Å². The van der Waals surface area contributed by atoms with Crippen LogP contribution in [0, 0.1) is 0 Å². The van der Waals surface area contributed by atoms with E-state index in [0.29, 0.717) is 53.8 Å². The monoisotopic (exact) mass is 1160 g/mol. The van der Waals surface area contributed by atoms with Gasteiger partial charge >= 0.3 is 40.8 Å². The van der Waals surface area contributed by atoms with Crippen LogP contribution in [0.2, 0.25) is 0 Å². The smallest absolute Gasteiger partial charge is 0.411 e. The van der Waals surface area contributed by atoms with Crippen LogP contribution in [0.4, 0.5) is 75.4 Å². The van der Waals surface area contributed by atoms with Crippen LogP contribution in [0.25, 0.3) is 0 Å². The van der Waals surface area contributed by atoms with Gasteiger partial charge in [-0.15, -0.1) is 0 Å². The molecule has 0 spiro atoms. The molecule has 4 radical (unpaired) electrons. The fourth-order valence-electron chi connectivity index (χ4n) is 8.77. The maximum atomic E-state index is 15.5. The molecule has 0 aliphatic rings. The lowest BCUT2D eigenvalue weighted by Gasteiger charge is -2.38. The molecule has 7 rings (SSSR count). The van der Waals surface area contributed by atoms with Crippen molar-refractivity contribution >= 4 is 68.3 Å². The van der Waals surface area contributed by atoms with Crippen LogP contribution < -0.4 is 35.3 Å². The molecule has 4 amide bonds. The van der Waals surface area contributed by atoms with Gasteiger partial charge in [-0.05, 0) is 144 Å². The topological polar surface area (TPSA) is 202 Å². The molecule has 7 aromatic carbocycles. The number of nitrogens with one attached hydrogen (secondary N) is 4. The summed E-state index contributed by atoms with van der Waals surface area (Å²) in [5, 5.41) is 29.0. The van der Waals surface area contributed by atoms with Gasteiger partial charge in [0.2, 0.25) is 16.7 Å². The number of halogens is 12. The van der Waals surface area contributed by atoms with Crippen LogP contribution in [0.5, 0.6) is 34.5 Å². The highest BCUT2D eigenvalue weighted by molar-refractivity contribution is 6.10. The summed E-state index contributed by atoms with van der Waals surface area (Å²) in [7, 11) is 10.5. The minimum absolute atomic E-state index is 0.139. The molecule has 0 bridgehead atoms. The van der Waals surface area contributed by atoms with E-state index in [-0.39, 0.29) is 47.4 Å². The van der Waals surface area contributed by atoms with E-state index in [2.05, 4.69) is 14.6 Å². The van der Waals surface area contributed by atoms with Crippen molar-refractivity contribution in [2.75, 3.05) is 21.3 Å². The minimum Gasteiger partial charge on any atom is -0.566 e. The Balaban J connectivity index is 1.18. The molecule has 0 heterocycles. The van der Waals surface area contributed by atoms with Gasteiger partial charge < -0.3 is 45.5 Å². The van der Waals surface area contributed by atoms with Gasteiger partial charge in [-0.1, -0.05) is 30.3 Å². The minimum atomic E-state index is -6.32. The van der Waals surface area contributed by atoms with Crippen LogP contribution in [-0.4, -0.2) is 80.4 Å². The van der Waals surface area contributed by atoms with Crippen LogP contribution in [0.1, 0.15) is 77.5 Å². The SMILES string of the molecule is [B]Oc1ccc(C(c2ccc(O)c(NC(C)=O)c2)(C(F)(F)F)C(F)(F)F)cc1NC(=O)c1cccc(C(=O)Nc2cc(C(c3ccc(O[B])c(NC(=O)c4ccc(Oc5ccc(C(C)=O)cc5)cc4)c3)(C(F)(F)F)C(F)(F)F)ccc2O)c1. The number of carbonyl (C=O) groups is 5. The number of aromatic hydroxyl groups is 2. The third-order valence-corrected chi connectivity index (χ3v) is 12.7. The van der Waals surface area contributed by atoms with Crippen LogP contribution in [0.3, 0.4) is 0 Å². The maximum Gasteiger partial charge on any atom is 0.411 e. The van der Waals surface area contributed by atoms with E-state index in [4.69, 9.17) is 20.8 Å². The number of ether oxygens (including phenoxy) is 1. The zero-order chi connectivity index (χ0) is 61.2. The first-order chi connectivity index (χ1) is 38.8. The molecule has 14 nitrogen and oxygen atoms in total. The van der Waals surface area contributed by atoms with Crippen molar-refractivity contribution in [3.05, 3.63) is 190 Å². The van der Waals surface area contributed by atoms with E-state index >= 15 is 52.7 Å². The molecule has 426 valence electrons. The van der Waals surface area contributed by atoms with Gasteiger partial charge in [-0.2, -0.15) is 52.7 Å². The molecule has 0 aromatic heterocycles. The summed E-state index contributed by atoms with van der Waals surface area (Å²) < 4.78 is 199. The quantitative estimate of drug-likeness (QED) is 0.0234. The molecule has 7 aromatic rings. The number of anilines is 4. The molecule has 0 saturated carbocycles. The summed E-state index contributed by atoms with van der Waals surface area (Å²) in [5.74, 6) is -7.93. The molecule has 28 heteroatoms. The number of benzene rings is 7. The van der Waals surface area contributed by atoms with Gasteiger partial charge in [0.25, 0.3) is 17.7 Å². The van der Waals surface area contributed by atoms with Crippen molar-refractivity contribution in [3.8, 4) is 34.5 Å². The zero-order valence-corrected chi connectivity index (χ0v) is 42.2. The Kier molecular flexibility index (Phi) is 17.0. The summed E-state index contributed by atoms with van der Waals surface area (Å²) in [4.78, 5) is 64.1. The highest BCUT2D eigenvalue weighted by Gasteiger charge is 2.74. The number of hydrogen-bond acceptors (Lipinski definition) is 10. The summed E-state index contributed by atoms with van der Waals surface area (Å²) in [6.45, 7) is 2.22. The molecular weight excluding hydrogens is 1130 g/mol. The van der Waals surface area contributed by atoms with Gasteiger partial charge in [0.1, 0.15) is 34.5 Å². The molecule has 0 fully saturated rings. The lowest BCUT2D eigenvalue weighted by atomic mass is 9.72. The van der Waals surface area contributed by atoms with Crippen LogP contribution in [0.15, 0.2) is 146 Å². The number of amides is 4. The highest BCUT2D eigenvalue weighted by atomic mass is 19.4. The number of ketones is 1. The normalized spacial score (nSPS) is 12.2. The van der Waals surface area contributed by atoms with Gasteiger partial charge in [0.05, 0.1) is 22.7 Å². The molecule has 0 saturated heterocycles. The molecule has 0 aliphatic carbocycles. The average Bonchev–Trinajstić information content (AvgIpc) is 1.94. The van der Waals surface area contributed by atoms with E-state index < -0.39 is 138 Å². The molecule has 0 aliphatic heterocycles. The van der Waals surface area contributed by atoms with Crippen molar-refractivity contribution in [1.82, 2.24) is 0 Å². The lowest BCUT2D eigenvalue weighted by Crippen LogP contribution is -2.54. The Morgan fingerprint density at radius 2 is 0.723 bits per heavy atom. The first-order valence-electron chi connectivity index (χ1n) is 23.4. The number of phenolic OH excluding ortho intramolecular Hbond substituents is 2. The molecule has 0 atom stereocenters. The van der Waals surface area contributed by atoms with Gasteiger partial charge in [-0.3, -0.25) is 24.0 Å². The second kappa shape index (κ2) is 23.1. The molecule has 6 N–H and O–H groups in total. The van der Waals surface area contributed by atoms with E-state index in [1.54, 1.807) is 0 Å². The number of phenols is 2. The van der Waals surface area contributed by atoms with Crippen molar-refractivity contribution in [1.29, 1.82) is 0 Å². The third-order valence-electron chi connectivity index (χ3n) is 12.7. The predicted molar refractivity (Wildman–Crippen MR) is 275 cm³/mol. The first-order valence-corrected chi connectivity index (χ1v) is 23.4. The fraction of sp³-hybridized carbons (Fsp3) is 0.145. The summed E-state index contributed by atoms with van der Waals surface area (Å²) in [6.07, 6.45) is -25.2. The van der Waals surface area contributed by atoms with Gasteiger partial charge in [-0.25, -0.2) is 0 Å². The predicted octanol–water partition coefficient (Wildman–Crippen LogP) is 12.6. The summed E-state index contributed by atoms with van der Waals surface area (Å²) in [5.41, 5.74) is -21.1. The number of alkyl halides is 12. The van der Waals surface area contributed by atoms with Gasteiger partial charge in [0, 0.05) is 29.2 Å². The molecular formula is C55H36B2F12N4O10. The Bertz CT molecular complexity index is 3620. The maximum absolute atomic E-state index is 15.5. The Morgan fingerprint density at radius 1 is 0.398 bits per heavy atom. The Morgan fingerprint density at radius 3 is 1.07 bits per heavy atom. The van der Waals surface area contributed by atoms with Crippen molar-refractivity contribution in [3.63, 3.8) is 0 Å². The fourth-order valence-corrected chi connectivity index (χ4v) is 8.77. The van der Waals surface area contributed by atoms with Crippen molar-refractivity contribution < 1.29 is 101 Å². The largest absolute Gasteiger partial charge is 0.566 e. The van der Waals surface area contributed by atoms with E-state index in [1.165, 1.54) is 55.5 Å². The molecule has 0 unspecified atom stereocenters. The number of rotatable bonds is 16. The third kappa shape index (κ3) is 12.1. The number of hydrogen-bond donors (Lipinski definition) is 6. The Hall–Kier alpha value is -9.62. The summed E-state index contributed by atoms with van der Waals surface area (Å²) in [6, 6.07) is 18.7. The molecule has 83 heavy (non-hydrogen) atoms. The van der Waals surface area contributed by atoms with Crippen LogP contribution >= 0.6 is 0 Å². The van der Waals surface area contributed by atoms with Gasteiger partial charge in [0.15, 0.2) is 5.78 Å². The number of carbonyl (C=O) groups excluding carboxylic acids is 5.